The van der Waals surface area contributed by atoms with Crippen molar-refractivity contribution in [3.05, 3.63) is 71.2 Å². The molecule has 3 heterocycles. The zero-order valence-electron chi connectivity index (χ0n) is 24.0. The van der Waals surface area contributed by atoms with Crippen LogP contribution in [0.15, 0.2) is 60.7 Å². The number of methoxy groups -OCH3 is 1. The van der Waals surface area contributed by atoms with Gasteiger partial charge in [0.25, 0.3) is 5.91 Å². The van der Waals surface area contributed by atoms with Crippen LogP contribution in [0.25, 0.3) is 11.3 Å². The van der Waals surface area contributed by atoms with Crippen molar-refractivity contribution >= 4 is 29.2 Å². The molecule has 2 fully saturated rings. The monoisotopic (exact) mass is 592 g/mol. The maximum Gasteiger partial charge on any atom is 0.254 e. The quantitative estimate of drug-likeness (QED) is 0.374. The number of anilines is 1. The van der Waals surface area contributed by atoms with Crippen LogP contribution in [0.5, 0.6) is 5.75 Å². The van der Waals surface area contributed by atoms with E-state index in [1.807, 2.05) is 41.3 Å². The number of nitrogens with zero attached hydrogens (tertiary/aromatic N) is 6. The molecular formula is C31H37ClN6O4. The standard InChI is InChI=1S/C31H37ClN6O4/c1-41-27-9-5-24(6-10-27)28-11-12-29(34-33-28)36-13-2-14-37(18-17-36)30(39)23-38(16-15-35-19-21-42-22-20-35)31(40)25-3-7-26(32)8-4-25/h3-12H,2,13-23H2,1H3. The summed E-state index contributed by atoms with van der Waals surface area (Å²) >= 11 is 6.04. The molecule has 0 N–H and O–H groups in total. The molecule has 2 saturated heterocycles. The first-order valence-corrected chi connectivity index (χ1v) is 14.7. The molecule has 0 atom stereocenters. The lowest BCUT2D eigenvalue weighted by atomic mass is 10.1. The van der Waals surface area contributed by atoms with Gasteiger partial charge < -0.3 is 24.2 Å². The second-order valence-corrected chi connectivity index (χ2v) is 10.9. The molecule has 5 rings (SSSR count). The molecule has 2 aliphatic rings. The summed E-state index contributed by atoms with van der Waals surface area (Å²) in [7, 11) is 1.64. The zero-order valence-corrected chi connectivity index (χ0v) is 24.7. The predicted molar refractivity (Wildman–Crippen MR) is 162 cm³/mol. The third kappa shape index (κ3) is 7.76. The molecule has 0 bridgehead atoms. The molecule has 0 aliphatic carbocycles. The highest BCUT2D eigenvalue weighted by Gasteiger charge is 2.25. The Bertz CT molecular complexity index is 1320. The highest BCUT2D eigenvalue weighted by molar-refractivity contribution is 6.30. The van der Waals surface area contributed by atoms with Gasteiger partial charge in [0.1, 0.15) is 12.3 Å². The van der Waals surface area contributed by atoms with Gasteiger partial charge in [-0.1, -0.05) is 11.6 Å². The third-order valence-corrected chi connectivity index (χ3v) is 7.96. The summed E-state index contributed by atoms with van der Waals surface area (Å²) in [5.74, 6) is 1.35. The lowest BCUT2D eigenvalue weighted by molar-refractivity contribution is -0.131. The minimum Gasteiger partial charge on any atom is -0.497 e. The Labute approximate surface area is 251 Å². The van der Waals surface area contributed by atoms with E-state index in [0.717, 1.165) is 48.9 Å². The molecule has 0 saturated carbocycles. The lowest BCUT2D eigenvalue weighted by Crippen LogP contribution is -2.47. The van der Waals surface area contributed by atoms with Crippen LogP contribution in [-0.4, -0.2) is 116 Å². The first-order valence-electron chi connectivity index (χ1n) is 14.4. The number of rotatable bonds is 9. The number of carbonyl (C=O) groups is 2. The molecule has 2 amide bonds. The second-order valence-electron chi connectivity index (χ2n) is 10.4. The Morgan fingerprint density at radius 2 is 1.67 bits per heavy atom. The summed E-state index contributed by atoms with van der Waals surface area (Å²) in [5.41, 5.74) is 2.28. The van der Waals surface area contributed by atoms with Gasteiger partial charge >= 0.3 is 0 Å². The SMILES string of the molecule is COc1ccc(-c2ccc(N3CCCN(C(=O)CN(CCN4CCOCC4)C(=O)c4ccc(Cl)cc4)CC3)nn2)cc1. The van der Waals surface area contributed by atoms with Gasteiger partial charge in [0.05, 0.1) is 26.0 Å². The van der Waals surface area contributed by atoms with E-state index in [0.29, 0.717) is 56.5 Å². The normalized spacial score (nSPS) is 16.1. The van der Waals surface area contributed by atoms with Crippen molar-refractivity contribution in [1.29, 1.82) is 0 Å². The van der Waals surface area contributed by atoms with E-state index in [1.54, 1.807) is 36.3 Å². The van der Waals surface area contributed by atoms with Crippen molar-refractivity contribution in [2.75, 3.05) is 84.1 Å². The highest BCUT2D eigenvalue weighted by atomic mass is 35.5. The summed E-state index contributed by atoms with van der Waals surface area (Å²) in [6.45, 7) is 6.77. The van der Waals surface area contributed by atoms with Crippen molar-refractivity contribution in [2.45, 2.75) is 6.42 Å². The van der Waals surface area contributed by atoms with E-state index < -0.39 is 0 Å². The number of aromatic nitrogens is 2. The minimum atomic E-state index is -0.169. The summed E-state index contributed by atoms with van der Waals surface area (Å²) < 4.78 is 10.7. The average Bonchev–Trinajstić information content (AvgIpc) is 3.30. The van der Waals surface area contributed by atoms with E-state index in [2.05, 4.69) is 20.0 Å². The van der Waals surface area contributed by atoms with Crippen molar-refractivity contribution in [2.24, 2.45) is 0 Å². The second kappa shape index (κ2) is 14.4. The van der Waals surface area contributed by atoms with Gasteiger partial charge in [-0.2, -0.15) is 0 Å². The Kier molecular flexibility index (Phi) is 10.2. The molecule has 3 aromatic rings. The van der Waals surface area contributed by atoms with Crippen LogP contribution in [0.4, 0.5) is 5.82 Å². The van der Waals surface area contributed by atoms with E-state index in [1.165, 1.54) is 0 Å². The van der Waals surface area contributed by atoms with Crippen molar-refractivity contribution in [1.82, 2.24) is 24.9 Å². The molecule has 42 heavy (non-hydrogen) atoms. The van der Waals surface area contributed by atoms with Crippen molar-refractivity contribution in [3.63, 3.8) is 0 Å². The first-order chi connectivity index (χ1) is 20.5. The van der Waals surface area contributed by atoms with Crippen LogP contribution in [0, 0.1) is 0 Å². The molecule has 2 aliphatic heterocycles. The fraction of sp³-hybridized carbons (Fsp3) is 0.419. The number of carbonyl (C=O) groups excluding carboxylic acids is 2. The van der Waals surface area contributed by atoms with Gasteiger partial charge in [0, 0.05) is 68.5 Å². The largest absolute Gasteiger partial charge is 0.497 e. The van der Waals surface area contributed by atoms with Gasteiger partial charge in [-0.05, 0) is 67.1 Å². The van der Waals surface area contributed by atoms with E-state index >= 15 is 0 Å². The Hall–Kier alpha value is -3.73. The van der Waals surface area contributed by atoms with Gasteiger partial charge in [0.2, 0.25) is 5.91 Å². The molecule has 1 aromatic heterocycles. The molecule has 222 valence electrons. The smallest absolute Gasteiger partial charge is 0.254 e. The highest BCUT2D eigenvalue weighted by Crippen LogP contribution is 2.22. The summed E-state index contributed by atoms with van der Waals surface area (Å²) in [4.78, 5) is 34.9. The van der Waals surface area contributed by atoms with Gasteiger partial charge in [-0.15, -0.1) is 10.2 Å². The first kappa shape index (κ1) is 29.8. The Morgan fingerprint density at radius 3 is 2.36 bits per heavy atom. The molecule has 10 nitrogen and oxygen atoms in total. The lowest BCUT2D eigenvalue weighted by Gasteiger charge is -2.31. The Morgan fingerprint density at radius 1 is 0.905 bits per heavy atom. The number of hydrogen-bond acceptors (Lipinski definition) is 8. The number of hydrogen-bond donors (Lipinski definition) is 0. The molecule has 0 unspecified atom stereocenters. The number of benzene rings is 2. The fourth-order valence-electron chi connectivity index (χ4n) is 5.18. The van der Waals surface area contributed by atoms with E-state index in [9.17, 15) is 9.59 Å². The molecule has 0 spiro atoms. The van der Waals surface area contributed by atoms with Crippen LogP contribution in [0.2, 0.25) is 5.02 Å². The summed E-state index contributed by atoms with van der Waals surface area (Å²) in [6.07, 6.45) is 0.798. The maximum atomic E-state index is 13.5. The maximum absolute atomic E-state index is 13.5. The summed E-state index contributed by atoms with van der Waals surface area (Å²) in [6, 6.07) is 18.5. The van der Waals surface area contributed by atoms with Crippen LogP contribution >= 0.6 is 11.6 Å². The van der Waals surface area contributed by atoms with E-state index in [-0.39, 0.29) is 18.4 Å². The molecule has 11 heteroatoms. The number of amides is 2. The fourth-order valence-corrected chi connectivity index (χ4v) is 5.31. The minimum absolute atomic E-state index is 0.0299. The predicted octanol–water partition coefficient (Wildman–Crippen LogP) is 3.32. The third-order valence-electron chi connectivity index (χ3n) is 7.70. The Balaban J connectivity index is 1.20. The topological polar surface area (TPSA) is 91.3 Å². The van der Waals surface area contributed by atoms with Crippen LogP contribution in [-0.2, 0) is 9.53 Å². The van der Waals surface area contributed by atoms with Crippen LogP contribution < -0.4 is 9.64 Å². The number of halogens is 1. The van der Waals surface area contributed by atoms with E-state index in [4.69, 9.17) is 21.1 Å². The molecular weight excluding hydrogens is 556 g/mol. The van der Waals surface area contributed by atoms with Gasteiger partial charge in [-0.3, -0.25) is 14.5 Å². The molecule has 2 aromatic carbocycles. The van der Waals surface area contributed by atoms with Crippen molar-refractivity contribution in [3.8, 4) is 17.0 Å². The van der Waals surface area contributed by atoms with Crippen molar-refractivity contribution < 1.29 is 19.1 Å². The van der Waals surface area contributed by atoms with Gasteiger partial charge in [0.15, 0.2) is 5.82 Å². The molecule has 0 radical (unpaired) electrons. The van der Waals surface area contributed by atoms with Crippen LogP contribution in [0.3, 0.4) is 0 Å². The van der Waals surface area contributed by atoms with Gasteiger partial charge in [-0.25, -0.2) is 0 Å². The zero-order chi connectivity index (χ0) is 29.3. The summed E-state index contributed by atoms with van der Waals surface area (Å²) in [5, 5.41) is 9.48. The number of ether oxygens (including phenoxy) is 2. The number of morpholine rings is 1. The average molecular weight is 593 g/mol. The van der Waals surface area contributed by atoms with Crippen LogP contribution in [0.1, 0.15) is 16.8 Å².